The zero-order chi connectivity index (χ0) is 25.7. The average Bonchev–Trinajstić information content (AvgIpc) is 2.78. The quantitative estimate of drug-likeness (QED) is 0.451. The first-order valence-corrected chi connectivity index (χ1v) is 11.1. The molecule has 35 heavy (non-hydrogen) atoms. The molecule has 1 aliphatic heterocycles. The summed E-state index contributed by atoms with van der Waals surface area (Å²) < 4.78 is 5.24. The van der Waals surface area contributed by atoms with Crippen LogP contribution in [0.4, 0.5) is 11.4 Å². The summed E-state index contributed by atoms with van der Waals surface area (Å²) in [6.45, 7) is 3.91. The Hall–Kier alpha value is -4.03. The van der Waals surface area contributed by atoms with E-state index < -0.39 is 16.3 Å². The van der Waals surface area contributed by atoms with Gasteiger partial charge in [-0.15, -0.1) is 0 Å². The zero-order valence-electron chi connectivity index (χ0n) is 19.3. The monoisotopic (exact) mass is 494 g/mol. The van der Waals surface area contributed by atoms with E-state index in [1.807, 2.05) is 13.8 Å². The van der Waals surface area contributed by atoms with Gasteiger partial charge >= 0.3 is 0 Å². The number of halogens is 1. The number of ketones is 1. The van der Waals surface area contributed by atoms with E-state index in [-0.39, 0.29) is 45.8 Å². The van der Waals surface area contributed by atoms with Crippen LogP contribution in [-0.4, -0.2) is 22.9 Å². The van der Waals surface area contributed by atoms with Crippen molar-refractivity contribution in [1.82, 2.24) is 0 Å². The topological polar surface area (TPSA) is 143 Å². The van der Waals surface area contributed by atoms with Gasteiger partial charge in [-0.2, -0.15) is 5.26 Å². The SMILES string of the molecule is COc1cc(C2C(C#N)=C(N)N(c3ccc(Cl)c([N+](=O)[O-])c3)C3=C2C(=O)CC(C)(C)C3)ccc1O. The third kappa shape index (κ3) is 4.06. The molecule has 3 N–H and O–H groups in total. The zero-order valence-corrected chi connectivity index (χ0v) is 20.1. The van der Waals surface area contributed by atoms with Crippen molar-refractivity contribution in [2.45, 2.75) is 32.6 Å². The molecule has 2 aromatic rings. The fraction of sp³-hybridized carbons (Fsp3) is 0.280. The van der Waals surface area contributed by atoms with E-state index in [1.165, 1.54) is 25.3 Å². The van der Waals surface area contributed by atoms with Gasteiger partial charge in [-0.05, 0) is 41.7 Å². The van der Waals surface area contributed by atoms with Crippen molar-refractivity contribution in [3.8, 4) is 17.6 Å². The Balaban J connectivity index is 2.02. The van der Waals surface area contributed by atoms with Gasteiger partial charge in [0.2, 0.25) is 0 Å². The second-order valence-electron chi connectivity index (χ2n) is 9.30. The van der Waals surface area contributed by atoms with Crippen LogP contribution in [0.5, 0.6) is 11.5 Å². The number of aromatic hydroxyl groups is 1. The Morgan fingerprint density at radius 3 is 2.63 bits per heavy atom. The number of hydrogen-bond acceptors (Lipinski definition) is 8. The molecule has 9 nitrogen and oxygen atoms in total. The number of rotatable bonds is 4. The van der Waals surface area contributed by atoms with E-state index in [2.05, 4.69) is 6.07 Å². The molecule has 2 aliphatic rings. The lowest BCUT2D eigenvalue weighted by Gasteiger charge is -2.43. The predicted molar refractivity (Wildman–Crippen MR) is 130 cm³/mol. The van der Waals surface area contributed by atoms with Crippen LogP contribution in [0.1, 0.15) is 38.2 Å². The van der Waals surface area contributed by atoms with Gasteiger partial charge in [-0.25, -0.2) is 0 Å². The molecule has 1 aliphatic carbocycles. The van der Waals surface area contributed by atoms with Crippen LogP contribution in [0, 0.1) is 26.9 Å². The fourth-order valence-corrected chi connectivity index (χ4v) is 4.98. The Labute approximate surface area is 206 Å². The third-order valence-corrected chi connectivity index (χ3v) is 6.62. The van der Waals surface area contributed by atoms with Crippen LogP contribution in [0.25, 0.3) is 0 Å². The molecule has 1 heterocycles. The Morgan fingerprint density at radius 1 is 1.29 bits per heavy atom. The minimum absolute atomic E-state index is 0.0397. The number of phenols is 1. The number of allylic oxidation sites excluding steroid dienone is 3. The number of carbonyl (C=O) groups excluding carboxylic acids is 1. The van der Waals surface area contributed by atoms with Gasteiger partial charge in [0.15, 0.2) is 17.3 Å². The van der Waals surface area contributed by atoms with Crippen LogP contribution in [0.3, 0.4) is 0 Å². The number of anilines is 1. The molecule has 0 saturated heterocycles. The minimum atomic E-state index is -0.786. The van der Waals surface area contributed by atoms with Crippen molar-refractivity contribution in [2.24, 2.45) is 11.1 Å². The maximum Gasteiger partial charge on any atom is 0.289 e. The number of nitro benzene ring substituents is 1. The lowest BCUT2D eigenvalue weighted by Crippen LogP contribution is -2.42. The van der Waals surface area contributed by atoms with E-state index in [0.29, 0.717) is 28.9 Å². The fourth-order valence-electron chi connectivity index (χ4n) is 4.79. The lowest BCUT2D eigenvalue weighted by molar-refractivity contribution is -0.384. The Kier molecular flexibility index (Phi) is 5.95. The minimum Gasteiger partial charge on any atom is -0.504 e. The van der Waals surface area contributed by atoms with Gasteiger partial charge in [0.25, 0.3) is 5.69 Å². The van der Waals surface area contributed by atoms with Crippen molar-refractivity contribution in [3.63, 3.8) is 0 Å². The molecule has 2 aromatic carbocycles. The van der Waals surface area contributed by atoms with Gasteiger partial charge in [0.1, 0.15) is 10.8 Å². The number of methoxy groups -OCH3 is 1. The highest BCUT2D eigenvalue weighted by atomic mass is 35.5. The van der Waals surface area contributed by atoms with Gasteiger partial charge in [0.05, 0.1) is 35.3 Å². The number of benzene rings is 2. The molecular weight excluding hydrogens is 472 g/mol. The molecule has 0 fully saturated rings. The normalized spacial score (nSPS) is 19.3. The van der Waals surface area contributed by atoms with E-state index in [0.717, 1.165) is 0 Å². The van der Waals surface area contributed by atoms with Gasteiger partial charge in [-0.3, -0.25) is 19.8 Å². The molecule has 0 amide bonds. The first-order valence-electron chi connectivity index (χ1n) is 10.8. The Bertz CT molecular complexity index is 1370. The van der Waals surface area contributed by atoms with Crippen LogP contribution in [-0.2, 0) is 4.79 Å². The van der Waals surface area contributed by atoms with E-state index in [4.69, 9.17) is 22.1 Å². The van der Waals surface area contributed by atoms with Crippen LogP contribution in [0.15, 0.2) is 59.1 Å². The third-order valence-electron chi connectivity index (χ3n) is 6.30. The summed E-state index contributed by atoms with van der Waals surface area (Å²) in [5.41, 5.74) is 7.78. The molecule has 1 atom stereocenters. The highest BCUT2D eigenvalue weighted by Gasteiger charge is 2.45. The summed E-state index contributed by atoms with van der Waals surface area (Å²) in [5, 5.41) is 31.7. The molecular formula is C25H23ClN4O5. The number of carbonyl (C=O) groups is 1. The van der Waals surface area contributed by atoms with Crippen molar-refractivity contribution >= 4 is 28.8 Å². The molecule has 180 valence electrons. The molecule has 0 spiro atoms. The number of Topliss-reactive ketones (excluding diaryl/α,β-unsaturated/α-hetero) is 1. The summed E-state index contributed by atoms with van der Waals surface area (Å²) in [6, 6.07) is 11.0. The van der Waals surface area contributed by atoms with Crippen LogP contribution < -0.4 is 15.4 Å². The molecule has 10 heteroatoms. The first kappa shape index (κ1) is 24.1. The van der Waals surface area contributed by atoms with Crippen molar-refractivity contribution in [1.29, 1.82) is 5.26 Å². The number of nitriles is 1. The lowest BCUT2D eigenvalue weighted by atomic mass is 9.68. The molecule has 0 radical (unpaired) electrons. The molecule has 4 rings (SSSR count). The number of phenolic OH excluding ortho intramolecular Hbond substituents is 1. The second kappa shape index (κ2) is 8.64. The summed E-state index contributed by atoms with van der Waals surface area (Å²) in [4.78, 5) is 26.0. The van der Waals surface area contributed by atoms with Crippen molar-refractivity contribution in [2.75, 3.05) is 12.0 Å². The van der Waals surface area contributed by atoms with E-state index in [1.54, 1.807) is 23.1 Å². The summed E-state index contributed by atoms with van der Waals surface area (Å²) >= 11 is 6.02. The smallest absolute Gasteiger partial charge is 0.289 e. The van der Waals surface area contributed by atoms with Crippen molar-refractivity contribution < 1.29 is 19.6 Å². The number of nitrogens with zero attached hydrogens (tertiary/aromatic N) is 3. The largest absolute Gasteiger partial charge is 0.504 e. The van der Waals surface area contributed by atoms with E-state index >= 15 is 0 Å². The molecule has 1 unspecified atom stereocenters. The van der Waals surface area contributed by atoms with Gasteiger partial charge in [-0.1, -0.05) is 31.5 Å². The maximum atomic E-state index is 13.6. The number of nitrogens with two attached hydrogens (primary N) is 1. The maximum absolute atomic E-state index is 13.6. The standard InChI is InChI=1S/C25H23ClN4O5/c1-25(2)10-18-23(20(32)11-25)22(13-4-7-19(31)21(8-13)35-3)15(12-27)24(28)29(18)14-5-6-16(26)17(9-14)30(33)34/h4-9,22,31H,10-11,28H2,1-3H3. The molecule has 0 saturated carbocycles. The first-order chi connectivity index (χ1) is 16.5. The summed E-state index contributed by atoms with van der Waals surface area (Å²) in [7, 11) is 1.41. The number of ether oxygens (including phenoxy) is 1. The molecule has 0 bridgehead atoms. The van der Waals surface area contributed by atoms with Gasteiger partial charge < -0.3 is 15.6 Å². The highest BCUT2D eigenvalue weighted by molar-refractivity contribution is 6.32. The Morgan fingerprint density at radius 2 is 2.00 bits per heavy atom. The second-order valence-corrected chi connectivity index (χ2v) is 9.71. The van der Waals surface area contributed by atoms with Crippen LogP contribution >= 0.6 is 11.6 Å². The molecule has 0 aromatic heterocycles. The van der Waals surface area contributed by atoms with E-state index in [9.17, 15) is 25.3 Å². The summed E-state index contributed by atoms with van der Waals surface area (Å²) in [6.07, 6.45) is 0.695. The number of hydrogen-bond donors (Lipinski definition) is 2. The highest BCUT2D eigenvalue weighted by Crippen LogP contribution is 2.51. The number of nitro groups is 1. The van der Waals surface area contributed by atoms with Gasteiger partial charge in [0, 0.05) is 23.8 Å². The summed E-state index contributed by atoms with van der Waals surface area (Å²) in [5.74, 6) is -0.762. The van der Waals surface area contributed by atoms with Crippen LogP contribution in [0.2, 0.25) is 5.02 Å². The van der Waals surface area contributed by atoms with Crippen molar-refractivity contribution in [3.05, 3.63) is 79.8 Å². The predicted octanol–water partition coefficient (Wildman–Crippen LogP) is 4.90. The average molecular weight is 495 g/mol.